The molecule has 8 heteroatoms. The summed E-state index contributed by atoms with van der Waals surface area (Å²) in [7, 11) is 0.592. The summed E-state index contributed by atoms with van der Waals surface area (Å²) in [5.41, 5.74) is 1.09. The van der Waals surface area contributed by atoms with Crippen molar-refractivity contribution in [3.05, 3.63) is 42.1 Å². The van der Waals surface area contributed by atoms with Gasteiger partial charge >= 0.3 is 0 Å². The summed E-state index contributed by atoms with van der Waals surface area (Å²) < 4.78 is 28.5. The fourth-order valence-electron chi connectivity index (χ4n) is 2.82. The molecule has 1 fully saturated rings. The number of nitrogens with one attached hydrogen (secondary N) is 1. The molecule has 0 amide bonds. The van der Waals surface area contributed by atoms with Crippen molar-refractivity contribution in [1.29, 1.82) is 0 Å². The number of benzene rings is 1. The van der Waals surface area contributed by atoms with Crippen molar-refractivity contribution in [3.8, 4) is 5.75 Å². The molecule has 134 valence electrons. The summed E-state index contributed by atoms with van der Waals surface area (Å²) in [5, 5.41) is 3.19. The normalized spacial score (nSPS) is 18.7. The fourth-order valence-corrected chi connectivity index (χ4v) is 4.60. The highest BCUT2D eigenvalue weighted by atomic mass is 32.2. The van der Waals surface area contributed by atoms with Crippen LogP contribution in [0.1, 0.15) is 12.0 Å². The van der Waals surface area contributed by atoms with Crippen molar-refractivity contribution >= 4 is 21.6 Å². The van der Waals surface area contributed by atoms with Gasteiger partial charge in [-0.1, -0.05) is 12.1 Å². The van der Waals surface area contributed by atoms with Gasteiger partial charge in [0.2, 0.25) is 5.95 Å². The van der Waals surface area contributed by atoms with Crippen LogP contribution in [-0.2, 0) is 16.4 Å². The first-order chi connectivity index (χ1) is 12.0. The summed E-state index contributed by atoms with van der Waals surface area (Å²) in [6.07, 6.45) is 2.32. The second kappa shape index (κ2) is 7.26. The number of anilines is 2. The third kappa shape index (κ3) is 4.39. The van der Waals surface area contributed by atoms with Crippen LogP contribution in [0.15, 0.2) is 36.5 Å². The number of methoxy groups -OCH3 is 1. The summed E-state index contributed by atoms with van der Waals surface area (Å²) in [5.74, 6) is 2.48. The number of ether oxygens (including phenoxy) is 1. The van der Waals surface area contributed by atoms with E-state index < -0.39 is 9.84 Å². The van der Waals surface area contributed by atoms with Crippen molar-refractivity contribution < 1.29 is 13.2 Å². The average molecular weight is 362 g/mol. The van der Waals surface area contributed by atoms with E-state index in [9.17, 15) is 8.42 Å². The van der Waals surface area contributed by atoms with Crippen LogP contribution >= 0.6 is 0 Å². The molecule has 0 spiro atoms. The third-order valence-electron chi connectivity index (χ3n) is 4.37. The standard InChI is InChI=1S/C17H22N4O3S/c1-21(14-8-10-25(22,23)12-14)16-7-9-18-17(20-16)19-11-13-3-5-15(24-2)6-4-13/h3-7,9,14H,8,10-12H2,1-2H3,(H,18,19,20). The minimum Gasteiger partial charge on any atom is -0.497 e. The zero-order valence-corrected chi connectivity index (χ0v) is 15.2. The number of nitrogens with zero attached hydrogens (tertiary/aromatic N) is 3. The number of sulfone groups is 1. The van der Waals surface area contributed by atoms with Gasteiger partial charge in [0.1, 0.15) is 11.6 Å². The molecular weight excluding hydrogens is 340 g/mol. The molecular formula is C17H22N4O3S. The predicted molar refractivity (Wildman–Crippen MR) is 97.8 cm³/mol. The Kier molecular flexibility index (Phi) is 5.08. The molecule has 1 aliphatic heterocycles. The number of rotatable bonds is 6. The molecule has 1 aliphatic rings. The monoisotopic (exact) mass is 362 g/mol. The second-order valence-electron chi connectivity index (χ2n) is 6.11. The molecule has 7 nitrogen and oxygen atoms in total. The lowest BCUT2D eigenvalue weighted by atomic mass is 10.2. The summed E-state index contributed by atoms with van der Waals surface area (Å²) >= 11 is 0. The van der Waals surface area contributed by atoms with Gasteiger partial charge in [-0.05, 0) is 30.2 Å². The number of hydrogen-bond acceptors (Lipinski definition) is 7. The summed E-state index contributed by atoms with van der Waals surface area (Å²) in [6, 6.07) is 9.53. The molecule has 0 bridgehead atoms. The molecule has 1 saturated heterocycles. The lowest BCUT2D eigenvalue weighted by Gasteiger charge is -2.24. The van der Waals surface area contributed by atoms with E-state index in [1.807, 2.05) is 36.2 Å². The van der Waals surface area contributed by atoms with Crippen molar-refractivity contribution in [2.24, 2.45) is 0 Å². The quantitative estimate of drug-likeness (QED) is 0.837. The molecule has 0 saturated carbocycles. The average Bonchev–Trinajstić information content (AvgIpc) is 3.00. The van der Waals surface area contributed by atoms with Crippen LogP contribution in [0, 0.1) is 0 Å². The van der Waals surface area contributed by atoms with Crippen LogP contribution in [0.2, 0.25) is 0 Å². The van der Waals surface area contributed by atoms with Crippen molar-refractivity contribution in [2.45, 2.75) is 19.0 Å². The molecule has 1 atom stereocenters. The smallest absolute Gasteiger partial charge is 0.224 e. The van der Waals surface area contributed by atoms with E-state index in [1.54, 1.807) is 19.4 Å². The first-order valence-corrected chi connectivity index (χ1v) is 9.92. The van der Waals surface area contributed by atoms with E-state index in [-0.39, 0.29) is 17.5 Å². The second-order valence-corrected chi connectivity index (χ2v) is 8.34. The van der Waals surface area contributed by atoms with Crippen molar-refractivity contribution in [3.63, 3.8) is 0 Å². The van der Waals surface area contributed by atoms with Gasteiger partial charge in [-0.3, -0.25) is 0 Å². The topological polar surface area (TPSA) is 84.4 Å². The predicted octanol–water partition coefficient (Wildman–Crippen LogP) is 1.72. The maximum Gasteiger partial charge on any atom is 0.224 e. The largest absolute Gasteiger partial charge is 0.497 e. The molecule has 1 unspecified atom stereocenters. The summed E-state index contributed by atoms with van der Waals surface area (Å²) in [6.45, 7) is 0.592. The van der Waals surface area contributed by atoms with Crippen LogP contribution in [0.3, 0.4) is 0 Å². The number of aromatic nitrogens is 2. The molecule has 2 aromatic rings. The van der Waals surface area contributed by atoms with E-state index in [1.165, 1.54) is 0 Å². The Morgan fingerprint density at radius 3 is 2.68 bits per heavy atom. The van der Waals surface area contributed by atoms with E-state index in [0.717, 1.165) is 11.3 Å². The Labute approximate surface area is 148 Å². The summed E-state index contributed by atoms with van der Waals surface area (Å²) in [4.78, 5) is 10.7. The minimum atomic E-state index is -2.92. The molecule has 0 aliphatic carbocycles. The molecule has 2 heterocycles. The highest BCUT2D eigenvalue weighted by Gasteiger charge is 2.31. The molecule has 0 radical (unpaired) electrons. The van der Waals surface area contributed by atoms with Crippen LogP contribution < -0.4 is 15.0 Å². The van der Waals surface area contributed by atoms with Crippen LogP contribution in [-0.4, -0.2) is 50.1 Å². The van der Waals surface area contributed by atoms with E-state index in [2.05, 4.69) is 15.3 Å². The first-order valence-electron chi connectivity index (χ1n) is 8.10. The van der Waals surface area contributed by atoms with E-state index in [0.29, 0.717) is 24.7 Å². The lowest BCUT2D eigenvalue weighted by Crippen LogP contribution is -2.33. The first kappa shape index (κ1) is 17.5. The molecule has 1 aromatic carbocycles. The third-order valence-corrected chi connectivity index (χ3v) is 6.12. The fraction of sp³-hybridized carbons (Fsp3) is 0.412. The van der Waals surface area contributed by atoms with Gasteiger partial charge < -0.3 is 15.0 Å². The van der Waals surface area contributed by atoms with E-state index in [4.69, 9.17) is 4.74 Å². The van der Waals surface area contributed by atoms with Gasteiger partial charge in [0, 0.05) is 25.8 Å². The Morgan fingerprint density at radius 2 is 2.04 bits per heavy atom. The van der Waals surface area contributed by atoms with Gasteiger partial charge in [0.25, 0.3) is 0 Å². The van der Waals surface area contributed by atoms with Crippen LogP contribution in [0.5, 0.6) is 5.75 Å². The zero-order valence-electron chi connectivity index (χ0n) is 14.3. The maximum atomic E-state index is 11.7. The molecule has 25 heavy (non-hydrogen) atoms. The van der Waals surface area contributed by atoms with Crippen molar-refractivity contribution in [1.82, 2.24) is 9.97 Å². The highest BCUT2D eigenvalue weighted by molar-refractivity contribution is 7.91. The van der Waals surface area contributed by atoms with Gasteiger partial charge in [-0.2, -0.15) is 4.98 Å². The van der Waals surface area contributed by atoms with Gasteiger partial charge in [0.15, 0.2) is 9.84 Å². The Balaban J connectivity index is 1.64. The molecule has 1 aromatic heterocycles. The Hall–Kier alpha value is -2.35. The van der Waals surface area contributed by atoms with Crippen LogP contribution in [0.4, 0.5) is 11.8 Å². The molecule has 3 rings (SSSR count). The Bertz CT molecular complexity index is 824. The lowest BCUT2D eigenvalue weighted by molar-refractivity contribution is 0.414. The van der Waals surface area contributed by atoms with Gasteiger partial charge in [0.05, 0.1) is 18.6 Å². The molecule has 1 N–H and O–H groups in total. The number of hydrogen-bond donors (Lipinski definition) is 1. The van der Waals surface area contributed by atoms with Gasteiger partial charge in [-0.15, -0.1) is 0 Å². The Morgan fingerprint density at radius 1 is 1.28 bits per heavy atom. The SMILES string of the molecule is COc1ccc(CNc2nccc(N(C)C3CCS(=O)(=O)C3)n2)cc1. The zero-order chi connectivity index (χ0) is 17.9. The van der Waals surface area contributed by atoms with E-state index >= 15 is 0 Å². The minimum absolute atomic E-state index is 0.0330. The van der Waals surface area contributed by atoms with Gasteiger partial charge in [-0.25, -0.2) is 13.4 Å². The van der Waals surface area contributed by atoms with Crippen molar-refractivity contribution in [2.75, 3.05) is 35.9 Å². The highest BCUT2D eigenvalue weighted by Crippen LogP contribution is 2.22. The maximum absolute atomic E-state index is 11.7. The van der Waals surface area contributed by atoms with Crippen LogP contribution in [0.25, 0.3) is 0 Å².